The molecule has 0 amide bonds. The van der Waals surface area contributed by atoms with E-state index in [4.69, 9.17) is 19.3 Å². The normalized spacial score (nSPS) is 38.5. The molecule has 4 fully saturated rings. The van der Waals surface area contributed by atoms with Crippen LogP contribution in [-0.4, -0.2) is 62.9 Å². The summed E-state index contributed by atoms with van der Waals surface area (Å²) in [6.07, 6.45) is 21.9. The summed E-state index contributed by atoms with van der Waals surface area (Å²) in [5.74, 6) is 4.22. The van der Waals surface area contributed by atoms with E-state index in [2.05, 4.69) is 46.9 Å². The number of nitrogens with one attached hydrogen (secondary N) is 1. The number of rotatable bonds is 21. The third-order valence-corrected chi connectivity index (χ3v) is 13.7. The fourth-order valence-corrected chi connectivity index (χ4v) is 11.0. The second kappa shape index (κ2) is 18.5. The van der Waals surface area contributed by atoms with Gasteiger partial charge in [-0.15, -0.1) is 0 Å². The predicted octanol–water partition coefficient (Wildman–Crippen LogP) is 9.20. The molecular weight excluding hydrogens is 558 g/mol. The molecule has 0 aromatic heterocycles. The van der Waals surface area contributed by atoms with Crippen LogP contribution in [0.25, 0.3) is 0 Å². The van der Waals surface area contributed by atoms with E-state index < -0.39 is 0 Å². The topological polar surface area (TPSA) is 60.0 Å². The van der Waals surface area contributed by atoms with E-state index in [9.17, 15) is 0 Å². The van der Waals surface area contributed by atoms with E-state index in [1.165, 1.54) is 96.3 Å². The number of hydrogen-bond donors (Lipinski definition) is 2. The lowest BCUT2D eigenvalue weighted by atomic mass is 9.43. The molecule has 4 aliphatic rings. The van der Waals surface area contributed by atoms with Crippen molar-refractivity contribution in [3.8, 4) is 0 Å². The van der Waals surface area contributed by atoms with Crippen molar-refractivity contribution in [2.75, 3.05) is 39.5 Å². The van der Waals surface area contributed by atoms with Crippen LogP contribution in [0.15, 0.2) is 0 Å². The summed E-state index contributed by atoms with van der Waals surface area (Å²) in [6, 6.07) is 0. The minimum absolute atomic E-state index is 0.235. The Hall–Kier alpha value is -0.200. The van der Waals surface area contributed by atoms with Crippen LogP contribution in [0.3, 0.4) is 0 Å². The zero-order valence-corrected chi connectivity index (χ0v) is 30.6. The third kappa shape index (κ3) is 8.89. The Labute approximate surface area is 279 Å². The largest absolute Gasteiger partial charge is 0.396 e. The van der Waals surface area contributed by atoms with E-state index in [0.717, 1.165) is 57.6 Å². The van der Waals surface area contributed by atoms with Gasteiger partial charge in [0.2, 0.25) is 0 Å². The van der Waals surface area contributed by atoms with Gasteiger partial charge in [0.25, 0.3) is 0 Å². The molecule has 5 nitrogen and oxygen atoms in total. The molecule has 0 spiro atoms. The van der Waals surface area contributed by atoms with Crippen LogP contribution in [-0.2, 0) is 14.2 Å². The standard InChI is InChI=1S/C40H75NO4/c1-7-10-24-43-32-19-20-39(5)31(27-32)28-36(44-25-11-8-2)38-34-18-17-33(30(4)16-15-22-41-21-13-14-23-42)40(34,6)37(29-35(38)39)45-26-12-9-3/h30-38,41-42H,7-29H2,1-6H3. The fraction of sp³-hybridized carbons (Fsp3) is 1.00. The highest BCUT2D eigenvalue weighted by atomic mass is 16.5. The first-order valence-corrected chi connectivity index (χ1v) is 20.0. The summed E-state index contributed by atoms with van der Waals surface area (Å²) < 4.78 is 20.6. The molecule has 2 N–H and O–H groups in total. The molecule has 11 atom stereocenters. The molecule has 5 heteroatoms. The van der Waals surface area contributed by atoms with E-state index in [1.54, 1.807) is 0 Å². The van der Waals surface area contributed by atoms with Crippen LogP contribution in [0.1, 0.15) is 151 Å². The van der Waals surface area contributed by atoms with Gasteiger partial charge in [0.1, 0.15) is 0 Å². The van der Waals surface area contributed by atoms with Crippen LogP contribution in [0.5, 0.6) is 0 Å². The second-order valence-corrected chi connectivity index (χ2v) is 16.4. The molecule has 4 rings (SSSR count). The highest BCUT2D eigenvalue weighted by molar-refractivity contribution is 5.15. The highest BCUT2D eigenvalue weighted by Gasteiger charge is 2.66. The number of ether oxygens (including phenoxy) is 3. The van der Waals surface area contributed by atoms with Crippen molar-refractivity contribution in [2.24, 2.45) is 46.3 Å². The number of unbranched alkanes of at least 4 members (excludes halogenated alkanes) is 4. The van der Waals surface area contributed by atoms with Gasteiger partial charge in [-0.2, -0.15) is 0 Å². The maximum atomic E-state index is 9.08. The zero-order valence-electron chi connectivity index (χ0n) is 30.6. The molecular formula is C40H75NO4. The van der Waals surface area contributed by atoms with Gasteiger partial charge in [0.15, 0.2) is 0 Å². The Bertz CT molecular complexity index is 824. The van der Waals surface area contributed by atoms with Crippen molar-refractivity contribution in [1.82, 2.24) is 5.32 Å². The van der Waals surface area contributed by atoms with Crippen molar-refractivity contribution in [3.63, 3.8) is 0 Å². The van der Waals surface area contributed by atoms with Crippen LogP contribution >= 0.6 is 0 Å². The van der Waals surface area contributed by atoms with Crippen molar-refractivity contribution in [3.05, 3.63) is 0 Å². The lowest BCUT2D eigenvalue weighted by Crippen LogP contribution is -2.63. The monoisotopic (exact) mass is 634 g/mol. The molecule has 0 aromatic rings. The quantitative estimate of drug-likeness (QED) is 0.123. The molecule has 45 heavy (non-hydrogen) atoms. The molecule has 4 aliphatic carbocycles. The Morgan fingerprint density at radius 3 is 2.16 bits per heavy atom. The minimum atomic E-state index is 0.235. The van der Waals surface area contributed by atoms with Gasteiger partial charge in [-0.05, 0) is 144 Å². The molecule has 0 radical (unpaired) electrons. The SMILES string of the molecule is CCCCOC1CCC2(C)C(C1)CC(OCCCC)C1C2CC(OCCCC)C2(C)C(C(C)CCCNCCCCO)CCC12. The summed E-state index contributed by atoms with van der Waals surface area (Å²) in [5, 5.41) is 12.7. The van der Waals surface area contributed by atoms with Crippen LogP contribution < -0.4 is 5.32 Å². The highest BCUT2D eigenvalue weighted by Crippen LogP contribution is 2.69. The number of aliphatic hydroxyl groups is 1. The maximum Gasteiger partial charge on any atom is 0.0637 e. The Balaban J connectivity index is 1.54. The molecule has 11 unspecified atom stereocenters. The summed E-state index contributed by atoms with van der Waals surface area (Å²) in [7, 11) is 0. The lowest BCUT2D eigenvalue weighted by molar-refractivity contribution is -0.227. The van der Waals surface area contributed by atoms with Gasteiger partial charge < -0.3 is 24.6 Å². The molecule has 4 saturated carbocycles. The maximum absolute atomic E-state index is 9.08. The predicted molar refractivity (Wildman–Crippen MR) is 188 cm³/mol. The van der Waals surface area contributed by atoms with Crippen LogP contribution in [0, 0.1) is 46.3 Å². The first-order valence-electron chi connectivity index (χ1n) is 20.0. The van der Waals surface area contributed by atoms with Gasteiger partial charge in [-0.1, -0.05) is 60.8 Å². The van der Waals surface area contributed by atoms with Crippen molar-refractivity contribution >= 4 is 0 Å². The number of hydrogen-bond acceptors (Lipinski definition) is 5. The van der Waals surface area contributed by atoms with E-state index in [1.807, 2.05) is 0 Å². The molecule has 0 heterocycles. The van der Waals surface area contributed by atoms with Gasteiger partial charge in [0.05, 0.1) is 18.3 Å². The molecule has 264 valence electrons. The summed E-state index contributed by atoms with van der Waals surface area (Å²) in [6.45, 7) is 20.0. The Kier molecular flexibility index (Phi) is 15.5. The van der Waals surface area contributed by atoms with Gasteiger partial charge in [-0.25, -0.2) is 0 Å². The van der Waals surface area contributed by atoms with Crippen molar-refractivity contribution in [1.29, 1.82) is 0 Å². The van der Waals surface area contributed by atoms with Crippen LogP contribution in [0.2, 0.25) is 0 Å². The number of aliphatic hydroxyl groups excluding tert-OH is 1. The van der Waals surface area contributed by atoms with Crippen LogP contribution in [0.4, 0.5) is 0 Å². The van der Waals surface area contributed by atoms with Gasteiger partial charge in [-0.3, -0.25) is 0 Å². The summed E-state index contributed by atoms with van der Waals surface area (Å²) in [5.41, 5.74) is 0.609. The van der Waals surface area contributed by atoms with E-state index >= 15 is 0 Å². The Morgan fingerprint density at radius 2 is 1.44 bits per heavy atom. The summed E-state index contributed by atoms with van der Waals surface area (Å²) in [4.78, 5) is 0. The van der Waals surface area contributed by atoms with Gasteiger partial charge >= 0.3 is 0 Å². The van der Waals surface area contributed by atoms with E-state index in [0.29, 0.717) is 54.0 Å². The Morgan fingerprint density at radius 1 is 0.756 bits per heavy atom. The smallest absolute Gasteiger partial charge is 0.0637 e. The zero-order chi connectivity index (χ0) is 32.3. The van der Waals surface area contributed by atoms with Crippen molar-refractivity contribution < 1.29 is 19.3 Å². The molecule has 0 aromatic carbocycles. The van der Waals surface area contributed by atoms with Gasteiger partial charge in [0, 0.05) is 31.8 Å². The molecule has 0 bridgehead atoms. The fourth-order valence-electron chi connectivity index (χ4n) is 11.0. The third-order valence-electron chi connectivity index (χ3n) is 13.7. The molecule has 0 aliphatic heterocycles. The first-order chi connectivity index (χ1) is 21.8. The first kappa shape index (κ1) is 37.6. The average molecular weight is 634 g/mol. The second-order valence-electron chi connectivity index (χ2n) is 16.4. The number of fused-ring (bicyclic) bond motifs is 5. The minimum Gasteiger partial charge on any atom is -0.396 e. The van der Waals surface area contributed by atoms with Crippen molar-refractivity contribution in [2.45, 2.75) is 169 Å². The lowest BCUT2D eigenvalue weighted by Gasteiger charge is -2.65. The van der Waals surface area contributed by atoms with E-state index in [-0.39, 0.29) is 5.41 Å². The summed E-state index contributed by atoms with van der Waals surface area (Å²) >= 11 is 0. The average Bonchev–Trinajstić information content (AvgIpc) is 3.39. The molecule has 0 saturated heterocycles.